The van der Waals surface area contributed by atoms with E-state index in [4.69, 9.17) is 10.0 Å². The van der Waals surface area contributed by atoms with Crippen LogP contribution in [0, 0.1) is 5.82 Å². The van der Waals surface area contributed by atoms with E-state index in [9.17, 15) is 4.39 Å². The molecule has 0 amide bonds. The summed E-state index contributed by atoms with van der Waals surface area (Å²) in [4.78, 5) is 7.98. The Morgan fingerprint density at radius 3 is 2.72 bits per heavy atom. The first-order valence-electron chi connectivity index (χ1n) is 5.20. The van der Waals surface area contributed by atoms with Crippen molar-refractivity contribution in [3.8, 4) is 0 Å². The second kappa shape index (κ2) is 5.95. The lowest BCUT2D eigenvalue weighted by atomic mass is 9.80. The van der Waals surface area contributed by atoms with Gasteiger partial charge in [0.1, 0.15) is 10.8 Å². The Balaban J connectivity index is 2.06. The van der Waals surface area contributed by atoms with Gasteiger partial charge in [-0.3, -0.25) is 4.98 Å². The van der Waals surface area contributed by atoms with E-state index in [-0.39, 0.29) is 5.46 Å². The maximum Gasteiger partial charge on any atom is 0.488 e. The van der Waals surface area contributed by atoms with Crippen molar-refractivity contribution in [3.63, 3.8) is 0 Å². The predicted octanol–water partition coefficient (Wildman–Crippen LogP) is 0.588. The molecule has 0 saturated carbocycles. The largest absolute Gasteiger partial charge is 0.488 e. The van der Waals surface area contributed by atoms with Crippen molar-refractivity contribution in [2.24, 2.45) is 0 Å². The number of benzene rings is 1. The van der Waals surface area contributed by atoms with E-state index >= 15 is 0 Å². The predicted molar refractivity (Wildman–Crippen MR) is 67.8 cm³/mol. The minimum atomic E-state index is -1.65. The third kappa shape index (κ3) is 3.28. The molecule has 0 fully saturated rings. The number of halogens is 1. The Kier molecular flexibility index (Phi) is 4.30. The van der Waals surface area contributed by atoms with Crippen molar-refractivity contribution >= 4 is 24.3 Å². The summed E-state index contributed by atoms with van der Waals surface area (Å²) in [5, 5.41) is 18.5. The number of hydrogen-bond donors (Lipinski definition) is 2. The maximum absolute atomic E-state index is 13.6. The molecule has 0 aliphatic rings. The minimum Gasteiger partial charge on any atom is -0.423 e. The fourth-order valence-corrected chi connectivity index (χ4v) is 2.16. The number of thioether (sulfide) groups is 1. The van der Waals surface area contributed by atoms with Crippen molar-refractivity contribution in [1.29, 1.82) is 0 Å². The highest BCUT2D eigenvalue weighted by molar-refractivity contribution is 7.98. The second-order valence-corrected chi connectivity index (χ2v) is 4.55. The summed E-state index contributed by atoms with van der Waals surface area (Å²) in [6, 6.07) is 4.14. The topological polar surface area (TPSA) is 66.2 Å². The van der Waals surface area contributed by atoms with Gasteiger partial charge in [-0.05, 0) is 17.1 Å². The number of rotatable bonds is 4. The number of hydrogen-bond acceptors (Lipinski definition) is 5. The average Bonchev–Trinajstić information content (AvgIpc) is 2.38. The summed E-state index contributed by atoms with van der Waals surface area (Å²) < 4.78 is 13.6. The molecule has 18 heavy (non-hydrogen) atoms. The summed E-state index contributed by atoms with van der Waals surface area (Å²) in [5.74, 6) is -0.0521. The van der Waals surface area contributed by atoms with Gasteiger partial charge in [0.05, 0.1) is 6.20 Å². The lowest BCUT2D eigenvalue weighted by Crippen LogP contribution is -2.30. The molecule has 0 bridgehead atoms. The van der Waals surface area contributed by atoms with Crippen LogP contribution in [0.4, 0.5) is 4.39 Å². The summed E-state index contributed by atoms with van der Waals surface area (Å²) in [6.07, 6.45) is 4.75. The highest BCUT2D eigenvalue weighted by atomic mass is 32.2. The fourth-order valence-electron chi connectivity index (χ4n) is 1.35. The molecular formula is C11H10BFN2O2S. The molecule has 0 aliphatic carbocycles. The van der Waals surface area contributed by atoms with E-state index in [0.717, 1.165) is 6.07 Å². The lowest BCUT2D eigenvalue weighted by molar-refractivity contribution is 0.425. The molecular weight excluding hydrogens is 254 g/mol. The molecule has 0 radical (unpaired) electrons. The van der Waals surface area contributed by atoms with Crippen LogP contribution in [0.3, 0.4) is 0 Å². The first-order chi connectivity index (χ1) is 8.66. The third-order valence-electron chi connectivity index (χ3n) is 2.29. The highest BCUT2D eigenvalue weighted by Gasteiger charge is 2.13. The quantitative estimate of drug-likeness (QED) is 0.625. The molecule has 2 aromatic rings. The van der Waals surface area contributed by atoms with Crippen molar-refractivity contribution in [2.45, 2.75) is 10.8 Å². The molecule has 0 aliphatic heterocycles. The molecule has 1 aromatic heterocycles. The standard InChI is InChI=1S/C11H10BFN2O2S/c13-10-5-9(12(16)17)2-1-8(10)7-18-11-6-14-3-4-15-11/h1-6,16-17H,7H2. The van der Waals surface area contributed by atoms with Crippen LogP contribution in [0.2, 0.25) is 0 Å². The lowest BCUT2D eigenvalue weighted by Gasteiger charge is -2.05. The zero-order valence-electron chi connectivity index (χ0n) is 9.32. The molecule has 0 unspecified atom stereocenters. The summed E-state index contributed by atoms with van der Waals surface area (Å²) in [5.41, 5.74) is 0.621. The van der Waals surface area contributed by atoms with Gasteiger partial charge < -0.3 is 10.0 Å². The van der Waals surface area contributed by atoms with Crippen LogP contribution < -0.4 is 5.46 Å². The van der Waals surface area contributed by atoms with Gasteiger partial charge in [0.15, 0.2) is 0 Å². The van der Waals surface area contributed by atoms with E-state index in [2.05, 4.69) is 9.97 Å². The molecule has 92 valence electrons. The van der Waals surface area contributed by atoms with Gasteiger partial charge in [0, 0.05) is 18.1 Å². The van der Waals surface area contributed by atoms with Gasteiger partial charge in [0.25, 0.3) is 0 Å². The summed E-state index contributed by atoms with van der Waals surface area (Å²) >= 11 is 1.36. The first kappa shape index (κ1) is 13.0. The van der Waals surface area contributed by atoms with Gasteiger partial charge in [-0.1, -0.05) is 23.9 Å². The van der Waals surface area contributed by atoms with Crippen LogP contribution >= 0.6 is 11.8 Å². The van der Waals surface area contributed by atoms with Gasteiger partial charge in [-0.15, -0.1) is 0 Å². The van der Waals surface area contributed by atoms with Crippen LogP contribution in [0.15, 0.2) is 41.8 Å². The van der Waals surface area contributed by atoms with Crippen LogP contribution in [-0.4, -0.2) is 27.1 Å². The second-order valence-electron chi connectivity index (χ2n) is 3.56. The van der Waals surface area contributed by atoms with Gasteiger partial charge in [-0.25, -0.2) is 9.37 Å². The van der Waals surface area contributed by atoms with E-state index < -0.39 is 12.9 Å². The van der Waals surface area contributed by atoms with Crippen molar-refractivity contribution in [3.05, 3.63) is 48.2 Å². The molecule has 0 saturated heterocycles. The number of nitrogens with zero attached hydrogens (tertiary/aromatic N) is 2. The monoisotopic (exact) mass is 264 g/mol. The highest BCUT2D eigenvalue weighted by Crippen LogP contribution is 2.20. The molecule has 1 heterocycles. The van der Waals surface area contributed by atoms with Crippen molar-refractivity contribution in [2.75, 3.05) is 0 Å². The Labute approximate surface area is 108 Å². The molecule has 7 heteroatoms. The molecule has 0 atom stereocenters. The Hall–Kier alpha value is -1.44. The normalized spacial score (nSPS) is 10.4. The average molecular weight is 264 g/mol. The van der Waals surface area contributed by atoms with Gasteiger partial charge in [0.2, 0.25) is 0 Å². The van der Waals surface area contributed by atoms with Crippen molar-refractivity contribution < 1.29 is 14.4 Å². The van der Waals surface area contributed by atoms with E-state index in [0.29, 0.717) is 16.3 Å². The third-order valence-corrected chi connectivity index (χ3v) is 3.25. The Morgan fingerprint density at radius 2 is 2.11 bits per heavy atom. The van der Waals surface area contributed by atoms with E-state index in [1.165, 1.54) is 23.9 Å². The zero-order valence-corrected chi connectivity index (χ0v) is 10.1. The SMILES string of the molecule is OB(O)c1ccc(CSc2cnccn2)c(F)c1. The smallest absolute Gasteiger partial charge is 0.423 e. The molecule has 0 spiro atoms. The zero-order chi connectivity index (χ0) is 13.0. The molecule has 4 nitrogen and oxygen atoms in total. The van der Waals surface area contributed by atoms with E-state index in [1.54, 1.807) is 18.6 Å². The van der Waals surface area contributed by atoms with Crippen LogP contribution in [0.5, 0.6) is 0 Å². The number of aromatic nitrogens is 2. The van der Waals surface area contributed by atoms with Crippen LogP contribution in [0.1, 0.15) is 5.56 Å². The Bertz CT molecular complexity index is 528. The summed E-state index contributed by atoms with van der Waals surface area (Å²) in [7, 11) is -1.65. The minimum absolute atomic E-state index is 0.140. The molecule has 2 N–H and O–H groups in total. The van der Waals surface area contributed by atoms with Gasteiger partial charge >= 0.3 is 7.12 Å². The fraction of sp³-hybridized carbons (Fsp3) is 0.0909. The maximum atomic E-state index is 13.6. The van der Waals surface area contributed by atoms with Crippen LogP contribution in [0.25, 0.3) is 0 Å². The van der Waals surface area contributed by atoms with E-state index in [1.807, 2.05) is 0 Å². The van der Waals surface area contributed by atoms with Gasteiger partial charge in [-0.2, -0.15) is 0 Å². The Morgan fingerprint density at radius 1 is 1.28 bits per heavy atom. The first-order valence-corrected chi connectivity index (χ1v) is 6.18. The molecule has 1 aromatic carbocycles. The molecule has 2 rings (SSSR count). The summed E-state index contributed by atoms with van der Waals surface area (Å²) in [6.45, 7) is 0. The van der Waals surface area contributed by atoms with Crippen molar-refractivity contribution in [1.82, 2.24) is 9.97 Å². The van der Waals surface area contributed by atoms with Crippen LogP contribution in [-0.2, 0) is 5.75 Å².